The topological polar surface area (TPSA) is 84.5 Å². The van der Waals surface area contributed by atoms with E-state index < -0.39 is 21.7 Å². The molecule has 0 unspecified atom stereocenters. The highest BCUT2D eigenvalue weighted by Gasteiger charge is 2.17. The number of amides is 1. The molecule has 9 heteroatoms. The fourth-order valence-corrected chi connectivity index (χ4v) is 3.42. The minimum Gasteiger partial charge on any atom is -0.494 e. The van der Waals surface area contributed by atoms with Crippen molar-refractivity contribution in [2.45, 2.75) is 37.5 Å². The molecule has 0 aliphatic rings. The lowest BCUT2D eigenvalue weighted by Gasteiger charge is -2.10. The van der Waals surface area contributed by atoms with E-state index in [1.54, 1.807) is 12.1 Å². The van der Waals surface area contributed by atoms with Crippen LogP contribution in [0.1, 0.15) is 43.0 Å². The summed E-state index contributed by atoms with van der Waals surface area (Å²) in [5, 5.41) is -0.334. The van der Waals surface area contributed by atoms with Gasteiger partial charge in [-0.15, -0.1) is 4.83 Å². The van der Waals surface area contributed by atoms with Crippen molar-refractivity contribution in [1.82, 2.24) is 10.3 Å². The monoisotopic (exact) mass is 428 g/mol. The zero-order valence-electron chi connectivity index (χ0n) is 15.4. The number of halogens is 2. The van der Waals surface area contributed by atoms with E-state index in [1.165, 1.54) is 18.6 Å². The number of sulfonamides is 1. The summed E-state index contributed by atoms with van der Waals surface area (Å²) in [6, 6.07) is 9.27. The molecule has 0 aliphatic carbocycles. The van der Waals surface area contributed by atoms with Gasteiger partial charge in [-0.3, -0.25) is 10.2 Å². The minimum atomic E-state index is -4.09. The van der Waals surface area contributed by atoms with Crippen molar-refractivity contribution < 1.29 is 22.3 Å². The molecule has 0 aliphatic heterocycles. The lowest BCUT2D eigenvalue weighted by atomic mass is 10.2. The summed E-state index contributed by atoms with van der Waals surface area (Å²) in [5.41, 5.74) is 2.35. The molecule has 0 saturated carbocycles. The minimum absolute atomic E-state index is 0.248. The van der Waals surface area contributed by atoms with Crippen LogP contribution in [0.15, 0.2) is 47.4 Å². The first-order valence-corrected chi connectivity index (χ1v) is 10.7. The van der Waals surface area contributed by atoms with E-state index in [1.807, 2.05) is 4.83 Å². The first-order valence-electron chi connectivity index (χ1n) is 8.83. The molecular weight excluding hydrogens is 407 g/mol. The van der Waals surface area contributed by atoms with Gasteiger partial charge >= 0.3 is 0 Å². The fraction of sp³-hybridized carbons (Fsp3) is 0.316. The van der Waals surface area contributed by atoms with Crippen molar-refractivity contribution in [1.29, 1.82) is 0 Å². The summed E-state index contributed by atoms with van der Waals surface area (Å²) in [7, 11) is -4.09. The average Bonchev–Trinajstić information content (AvgIpc) is 2.68. The van der Waals surface area contributed by atoms with Gasteiger partial charge in [-0.05, 0) is 48.9 Å². The molecule has 2 N–H and O–H groups in total. The van der Waals surface area contributed by atoms with Gasteiger partial charge in [-0.1, -0.05) is 37.8 Å². The molecule has 1 amide bonds. The summed E-state index contributed by atoms with van der Waals surface area (Å²) < 4.78 is 43.1. The highest BCUT2D eigenvalue weighted by Crippen LogP contribution is 2.19. The zero-order chi connectivity index (χ0) is 20.6. The van der Waals surface area contributed by atoms with Crippen molar-refractivity contribution in [3.63, 3.8) is 0 Å². The van der Waals surface area contributed by atoms with Crippen LogP contribution in [0.3, 0.4) is 0 Å². The number of benzene rings is 2. The number of nitrogens with one attached hydrogen (secondary N) is 2. The van der Waals surface area contributed by atoms with Gasteiger partial charge in [0.2, 0.25) is 0 Å². The second-order valence-electron chi connectivity index (χ2n) is 6.07. The molecule has 0 aromatic heterocycles. The zero-order valence-corrected chi connectivity index (χ0v) is 16.9. The molecular formula is C19H22ClFN2O4S. The van der Waals surface area contributed by atoms with E-state index in [-0.39, 0.29) is 15.5 Å². The predicted molar refractivity (Wildman–Crippen MR) is 105 cm³/mol. The van der Waals surface area contributed by atoms with Gasteiger partial charge in [0.1, 0.15) is 11.6 Å². The average molecular weight is 429 g/mol. The number of hydrogen-bond acceptors (Lipinski definition) is 4. The smallest absolute Gasteiger partial charge is 0.266 e. The molecule has 2 aromatic carbocycles. The molecule has 28 heavy (non-hydrogen) atoms. The van der Waals surface area contributed by atoms with E-state index in [0.717, 1.165) is 37.5 Å². The van der Waals surface area contributed by atoms with Gasteiger partial charge in [0.25, 0.3) is 15.9 Å². The van der Waals surface area contributed by atoms with Crippen LogP contribution < -0.4 is 15.0 Å². The van der Waals surface area contributed by atoms with Gasteiger partial charge in [-0.25, -0.2) is 12.8 Å². The Kier molecular flexibility index (Phi) is 8.22. The number of carbonyl (C=O) groups excluding carboxylic acids is 1. The normalized spacial score (nSPS) is 11.2. The second kappa shape index (κ2) is 10.4. The number of hydrazine groups is 1. The highest BCUT2D eigenvalue weighted by atomic mass is 35.5. The van der Waals surface area contributed by atoms with E-state index in [4.69, 9.17) is 16.3 Å². The Morgan fingerprint density at radius 3 is 2.46 bits per heavy atom. The summed E-state index contributed by atoms with van der Waals surface area (Å²) in [5.74, 6) is -0.752. The maximum Gasteiger partial charge on any atom is 0.266 e. The summed E-state index contributed by atoms with van der Waals surface area (Å²) in [6.45, 7) is 2.74. The molecule has 0 fully saturated rings. The molecule has 2 rings (SSSR count). The molecule has 152 valence electrons. The Balaban J connectivity index is 1.89. The Hall–Kier alpha value is -2.16. The van der Waals surface area contributed by atoms with Gasteiger partial charge in [-0.2, -0.15) is 0 Å². The number of hydrogen-bond donors (Lipinski definition) is 2. The fourth-order valence-electron chi connectivity index (χ4n) is 2.31. The van der Waals surface area contributed by atoms with Crippen LogP contribution in [-0.2, 0) is 10.0 Å². The molecule has 0 bridgehead atoms. The number of carbonyl (C=O) groups is 1. The van der Waals surface area contributed by atoms with Crippen LogP contribution in [0, 0.1) is 5.82 Å². The quantitative estimate of drug-likeness (QED) is 0.441. The van der Waals surface area contributed by atoms with Crippen molar-refractivity contribution >= 4 is 27.5 Å². The molecule has 6 nitrogen and oxygen atoms in total. The van der Waals surface area contributed by atoms with Crippen LogP contribution in [-0.4, -0.2) is 20.9 Å². The maximum atomic E-state index is 13.2. The lowest BCUT2D eigenvalue weighted by Crippen LogP contribution is -2.41. The Labute approximate surface area is 169 Å². The van der Waals surface area contributed by atoms with Crippen molar-refractivity contribution in [2.75, 3.05) is 6.61 Å². The van der Waals surface area contributed by atoms with Gasteiger partial charge in [0.15, 0.2) is 0 Å². The number of rotatable bonds is 10. The molecule has 0 saturated heterocycles. The standard InChI is InChI=1S/C19H22ClFN2O4S/c1-2-3-4-5-12-27-15-8-6-14(7-9-15)19(24)22-23-28(25,26)16-10-11-18(21)17(20)13-16/h6-11,13,23H,2-5,12H2,1H3,(H,22,24). The highest BCUT2D eigenvalue weighted by molar-refractivity contribution is 7.89. The molecule has 0 spiro atoms. The molecule has 0 atom stereocenters. The van der Waals surface area contributed by atoms with Gasteiger partial charge < -0.3 is 4.74 Å². The predicted octanol–water partition coefficient (Wildman–Crippen LogP) is 4.06. The van der Waals surface area contributed by atoms with Crippen LogP contribution in [0.2, 0.25) is 5.02 Å². The first-order chi connectivity index (χ1) is 13.3. The van der Waals surface area contributed by atoms with Gasteiger partial charge in [0, 0.05) is 5.56 Å². The first kappa shape index (κ1) is 22.1. The summed E-state index contributed by atoms with van der Waals surface area (Å²) >= 11 is 5.59. The SMILES string of the molecule is CCCCCCOc1ccc(C(=O)NNS(=O)(=O)c2ccc(F)c(Cl)c2)cc1. The molecule has 0 heterocycles. The van der Waals surface area contributed by atoms with E-state index >= 15 is 0 Å². The van der Waals surface area contributed by atoms with E-state index in [9.17, 15) is 17.6 Å². The van der Waals surface area contributed by atoms with Crippen LogP contribution in [0.4, 0.5) is 4.39 Å². The third kappa shape index (κ3) is 6.47. The van der Waals surface area contributed by atoms with Crippen molar-refractivity contribution in [3.8, 4) is 5.75 Å². The second-order valence-corrected chi connectivity index (χ2v) is 8.16. The van der Waals surface area contributed by atoms with Crippen LogP contribution in [0.5, 0.6) is 5.75 Å². The molecule has 2 aromatic rings. The summed E-state index contributed by atoms with van der Waals surface area (Å²) in [6.07, 6.45) is 4.39. The van der Waals surface area contributed by atoms with Crippen LogP contribution in [0.25, 0.3) is 0 Å². The maximum absolute atomic E-state index is 13.2. The van der Waals surface area contributed by atoms with E-state index in [2.05, 4.69) is 12.3 Å². The Bertz CT molecular complexity index is 905. The van der Waals surface area contributed by atoms with Gasteiger partial charge in [0.05, 0.1) is 16.5 Å². The Morgan fingerprint density at radius 1 is 1.11 bits per heavy atom. The largest absolute Gasteiger partial charge is 0.494 e. The third-order valence-corrected chi connectivity index (χ3v) is 5.42. The Morgan fingerprint density at radius 2 is 1.82 bits per heavy atom. The van der Waals surface area contributed by atoms with E-state index in [0.29, 0.717) is 12.4 Å². The van der Waals surface area contributed by atoms with Crippen molar-refractivity contribution in [3.05, 3.63) is 58.9 Å². The summed E-state index contributed by atoms with van der Waals surface area (Å²) in [4.78, 5) is 13.8. The number of unbranched alkanes of at least 4 members (excludes halogenated alkanes) is 3. The molecule has 0 radical (unpaired) electrons. The van der Waals surface area contributed by atoms with Crippen LogP contribution >= 0.6 is 11.6 Å². The van der Waals surface area contributed by atoms with Crippen molar-refractivity contribution in [2.24, 2.45) is 0 Å². The lowest BCUT2D eigenvalue weighted by molar-refractivity contribution is 0.0945. The third-order valence-electron chi connectivity index (χ3n) is 3.88. The number of ether oxygens (including phenoxy) is 1.